The Morgan fingerprint density at radius 3 is 0.975 bits per heavy atom. The van der Waals surface area contributed by atoms with Crippen LogP contribution in [-0.4, -0.2) is 62.8 Å². The van der Waals surface area contributed by atoms with Gasteiger partial charge in [-0.2, -0.15) is 0 Å². The van der Waals surface area contributed by atoms with Gasteiger partial charge in [-0.3, -0.25) is 4.79 Å². The van der Waals surface area contributed by atoms with Crippen LogP contribution in [0.4, 0.5) is 22.7 Å². The Morgan fingerprint density at radius 1 is 0.525 bits per heavy atom. The summed E-state index contributed by atoms with van der Waals surface area (Å²) >= 11 is 0. The van der Waals surface area contributed by atoms with Crippen LogP contribution in [0.15, 0.2) is 97.1 Å². The van der Waals surface area contributed by atoms with Crippen molar-refractivity contribution in [1.29, 1.82) is 0 Å². The molecule has 0 amide bonds. The summed E-state index contributed by atoms with van der Waals surface area (Å²) in [5.41, 5.74) is 30.2. The highest BCUT2D eigenvalue weighted by molar-refractivity contribution is 5.84. The third kappa shape index (κ3) is 10.0. The highest BCUT2D eigenvalue weighted by atomic mass is 16.4. The quantitative estimate of drug-likeness (QED) is 0.152. The largest absolute Gasteiger partial charge is 0.399 e. The van der Waals surface area contributed by atoms with Crippen LogP contribution in [0.25, 0.3) is 22.3 Å². The molecule has 212 valence electrons. The zero-order chi connectivity index (χ0) is 29.7. The standard InChI is InChI=1S/2C12H12N2.C6H12O6/c2*13-11-5-1-9(2-6-11)10-3-7-12(14)8-4-10;7-1-3(9)5(11)6(12)4(10)2-8/h2*1-8H,13-14H2;3,5-9,11-12H,1-2H2/t;;3-,5+,6+/m..1/s1. The molecule has 0 spiro atoms. The van der Waals surface area contributed by atoms with Gasteiger partial charge in [0.1, 0.15) is 24.9 Å². The van der Waals surface area contributed by atoms with Gasteiger partial charge in [0, 0.05) is 22.7 Å². The average Bonchev–Trinajstić information content (AvgIpc) is 2.98. The number of Topliss-reactive ketones (excluding diaryl/α,β-unsaturated/α-hetero) is 1. The molecule has 0 bridgehead atoms. The summed E-state index contributed by atoms with van der Waals surface area (Å²) in [5, 5.41) is 43.1. The molecule has 4 rings (SSSR count). The summed E-state index contributed by atoms with van der Waals surface area (Å²) in [5.74, 6) is -1.00. The van der Waals surface area contributed by atoms with Gasteiger partial charge in [0.15, 0.2) is 5.78 Å². The van der Waals surface area contributed by atoms with Gasteiger partial charge in [0.25, 0.3) is 0 Å². The average molecular weight is 549 g/mol. The lowest BCUT2D eigenvalue weighted by Gasteiger charge is -2.19. The second kappa shape index (κ2) is 15.8. The highest BCUT2D eigenvalue weighted by Crippen LogP contribution is 2.22. The first kappa shape index (κ1) is 31.8. The topological polar surface area (TPSA) is 222 Å². The normalized spacial score (nSPS) is 12.5. The lowest BCUT2D eigenvalue weighted by Crippen LogP contribution is -2.44. The number of hydrogen-bond acceptors (Lipinski definition) is 10. The number of nitrogen functional groups attached to an aromatic ring is 4. The molecule has 0 aliphatic rings. The minimum Gasteiger partial charge on any atom is -0.399 e. The van der Waals surface area contributed by atoms with E-state index in [0.717, 1.165) is 45.0 Å². The molecule has 0 saturated heterocycles. The molecule has 3 atom stereocenters. The Morgan fingerprint density at radius 2 is 0.775 bits per heavy atom. The third-order valence-corrected chi connectivity index (χ3v) is 5.70. The van der Waals surface area contributed by atoms with E-state index in [1.807, 2.05) is 97.1 Å². The van der Waals surface area contributed by atoms with Crippen molar-refractivity contribution in [1.82, 2.24) is 0 Å². The van der Waals surface area contributed by atoms with E-state index >= 15 is 0 Å². The molecule has 0 radical (unpaired) electrons. The summed E-state index contributed by atoms with van der Waals surface area (Å²) in [6, 6.07) is 31.2. The zero-order valence-electron chi connectivity index (χ0n) is 21.8. The van der Waals surface area contributed by atoms with E-state index in [1.54, 1.807) is 0 Å². The number of aliphatic hydroxyl groups excluding tert-OH is 5. The molecule has 0 fully saturated rings. The molecule has 10 nitrogen and oxygen atoms in total. The smallest absolute Gasteiger partial charge is 0.189 e. The fourth-order valence-corrected chi connectivity index (χ4v) is 3.30. The molecule has 0 unspecified atom stereocenters. The highest BCUT2D eigenvalue weighted by Gasteiger charge is 2.28. The number of nitrogens with two attached hydrogens (primary N) is 4. The maximum Gasteiger partial charge on any atom is 0.189 e. The van der Waals surface area contributed by atoms with Gasteiger partial charge in [0.2, 0.25) is 0 Å². The van der Waals surface area contributed by atoms with Gasteiger partial charge in [0.05, 0.1) is 6.61 Å². The van der Waals surface area contributed by atoms with Crippen LogP contribution < -0.4 is 22.9 Å². The Kier molecular flexibility index (Phi) is 12.6. The first-order valence-electron chi connectivity index (χ1n) is 12.3. The van der Waals surface area contributed by atoms with E-state index in [-0.39, 0.29) is 0 Å². The van der Waals surface area contributed by atoms with Crippen molar-refractivity contribution in [2.75, 3.05) is 36.1 Å². The SMILES string of the molecule is Nc1ccc(-c2ccc(N)cc2)cc1.Nc1ccc(-c2ccc(N)cc2)cc1.O=C(CO)[C@H](O)[C@@H](O)[C@H](O)CO. The van der Waals surface area contributed by atoms with Gasteiger partial charge >= 0.3 is 0 Å². The van der Waals surface area contributed by atoms with Crippen molar-refractivity contribution < 1.29 is 30.3 Å². The first-order chi connectivity index (χ1) is 19.0. The fraction of sp³-hybridized carbons (Fsp3) is 0.167. The van der Waals surface area contributed by atoms with E-state index in [0.29, 0.717) is 0 Å². The molecule has 4 aromatic rings. The van der Waals surface area contributed by atoms with E-state index in [2.05, 4.69) is 0 Å². The van der Waals surface area contributed by atoms with Gasteiger partial charge in [-0.15, -0.1) is 0 Å². The van der Waals surface area contributed by atoms with Crippen LogP contribution in [0.1, 0.15) is 0 Å². The maximum absolute atomic E-state index is 10.5. The molecule has 13 N–H and O–H groups in total. The number of carbonyl (C=O) groups excluding carboxylic acids is 1. The van der Waals surface area contributed by atoms with Gasteiger partial charge < -0.3 is 48.5 Å². The number of hydrogen-bond donors (Lipinski definition) is 9. The Bertz CT molecular complexity index is 1120. The van der Waals surface area contributed by atoms with Crippen molar-refractivity contribution in [3.8, 4) is 22.3 Å². The van der Waals surface area contributed by atoms with Gasteiger partial charge in [-0.05, 0) is 70.8 Å². The Balaban J connectivity index is 0.000000211. The summed E-state index contributed by atoms with van der Waals surface area (Å²) in [4.78, 5) is 10.5. The summed E-state index contributed by atoms with van der Waals surface area (Å²) < 4.78 is 0. The van der Waals surface area contributed by atoms with E-state index in [9.17, 15) is 4.79 Å². The third-order valence-electron chi connectivity index (χ3n) is 5.70. The number of rotatable bonds is 7. The van der Waals surface area contributed by atoms with Crippen molar-refractivity contribution in [2.45, 2.75) is 18.3 Å². The van der Waals surface area contributed by atoms with Gasteiger partial charge in [-0.1, -0.05) is 48.5 Å². The summed E-state index contributed by atoms with van der Waals surface area (Å²) in [6.07, 6.45) is -5.22. The summed E-state index contributed by atoms with van der Waals surface area (Å²) in [6.45, 7) is -1.69. The second-order valence-electron chi connectivity index (χ2n) is 8.80. The predicted molar refractivity (Wildman–Crippen MR) is 159 cm³/mol. The van der Waals surface area contributed by atoms with Crippen molar-refractivity contribution in [3.05, 3.63) is 97.1 Å². The van der Waals surface area contributed by atoms with Crippen LogP contribution in [-0.2, 0) is 4.79 Å². The number of benzene rings is 4. The van der Waals surface area contributed by atoms with Crippen LogP contribution in [0.3, 0.4) is 0 Å². The Hall–Kier alpha value is -4.45. The predicted octanol–water partition coefficient (Wildman–Crippen LogP) is 1.66. The molecule has 0 saturated carbocycles. The molecular weight excluding hydrogens is 512 g/mol. The van der Waals surface area contributed by atoms with Crippen LogP contribution in [0.2, 0.25) is 0 Å². The van der Waals surface area contributed by atoms with E-state index in [4.69, 9.17) is 48.5 Å². The number of aliphatic hydroxyl groups is 5. The number of carbonyl (C=O) groups is 1. The molecular formula is C30H36N4O6. The molecule has 40 heavy (non-hydrogen) atoms. The van der Waals surface area contributed by atoms with Crippen molar-refractivity contribution in [3.63, 3.8) is 0 Å². The van der Waals surface area contributed by atoms with Crippen molar-refractivity contribution in [2.24, 2.45) is 0 Å². The number of ketones is 1. The molecule has 10 heteroatoms. The number of anilines is 4. The fourth-order valence-electron chi connectivity index (χ4n) is 3.30. The lowest BCUT2D eigenvalue weighted by molar-refractivity contribution is -0.142. The molecule has 4 aromatic carbocycles. The zero-order valence-corrected chi connectivity index (χ0v) is 21.8. The van der Waals surface area contributed by atoms with Gasteiger partial charge in [-0.25, -0.2) is 0 Å². The monoisotopic (exact) mass is 548 g/mol. The molecule has 0 heterocycles. The van der Waals surface area contributed by atoms with Crippen LogP contribution in [0, 0.1) is 0 Å². The van der Waals surface area contributed by atoms with Crippen molar-refractivity contribution >= 4 is 28.5 Å². The Labute approximate surface area is 232 Å². The molecule has 0 aromatic heterocycles. The second-order valence-corrected chi connectivity index (χ2v) is 8.80. The maximum atomic E-state index is 10.5. The first-order valence-corrected chi connectivity index (χ1v) is 12.3. The van der Waals surface area contributed by atoms with E-state index < -0.39 is 37.3 Å². The van der Waals surface area contributed by atoms with Crippen LogP contribution in [0.5, 0.6) is 0 Å². The molecule has 0 aliphatic carbocycles. The minimum atomic E-state index is -1.86. The minimum absolute atomic E-state index is 0.767. The van der Waals surface area contributed by atoms with E-state index in [1.165, 1.54) is 0 Å². The lowest BCUT2D eigenvalue weighted by atomic mass is 10.1. The summed E-state index contributed by atoms with van der Waals surface area (Å²) in [7, 11) is 0. The molecule has 0 aliphatic heterocycles. The van der Waals surface area contributed by atoms with Crippen LogP contribution >= 0.6 is 0 Å².